The molecule has 0 bridgehead atoms. The van der Waals surface area contributed by atoms with Crippen molar-refractivity contribution in [2.45, 2.75) is 6.92 Å². The van der Waals surface area contributed by atoms with E-state index in [1.54, 1.807) is 6.20 Å². The molecule has 5 heteroatoms. The maximum absolute atomic E-state index is 8.15. The first-order valence-corrected chi connectivity index (χ1v) is 3.98. The van der Waals surface area contributed by atoms with Crippen LogP contribution in [-0.4, -0.2) is 15.9 Å². The van der Waals surface area contributed by atoms with Gasteiger partial charge < -0.3 is 4.84 Å². The number of hydrogen-bond donors (Lipinski definition) is 0. The lowest BCUT2D eigenvalue weighted by atomic mass is 10.5. The fourth-order valence-electron chi connectivity index (χ4n) is 0.572. The highest BCUT2D eigenvalue weighted by molar-refractivity contribution is 8.03. The van der Waals surface area contributed by atoms with Gasteiger partial charge in [0.2, 0.25) is 0 Å². The molecule has 0 aromatic carbocycles. The average molecular weight is 169 g/mol. The molecule has 0 atom stereocenters. The van der Waals surface area contributed by atoms with Crippen LogP contribution in [0.25, 0.3) is 0 Å². The number of thiocyanates is 1. The van der Waals surface area contributed by atoms with E-state index < -0.39 is 0 Å². The summed E-state index contributed by atoms with van der Waals surface area (Å²) in [5.74, 6) is 0.303. The van der Waals surface area contributed by atoms with E-state index in [2.05, 4.69) is 5.10 Å². The van der Waals surface area contributed by atoms with E-state index in [4.69, 9.17) is 10.1 Å². The Morgan fingerprint density at radius 3 is 3.27 bits per heavy atom. The van der Waals surface area contributed by atoms with Gasteiger partial charge in [-0.2, -0.15) is 5.26 Å². The van der Waals surface area contributed by atoms with Crippen molar-refractivity contribution in [2.24, 2.45) is 0 Å². The third-order valence-corrected chi connectivity index (χ3v) is 1.36. The number of aryl methyl sites for hydroxylation is 1. The zero-order chi connectivity index (χ0) is 8.10. The number of rotatable bonds is 3. The van der Waals surface area contributed by atoms with E-state index >= 15 is 0 Å². The Balaban J connectivity index is 2.34. The monoisotopic (exact) mass is 169 g/mol. The van der Waals surface area contributed by atoms with Crippen molar-refractivity contribution >= 4 is 11.8 Å². The molecule has 0 spiro atoms. The Kier molecular flexibility index (Phi) is 2.81. The summed E-state index contributed by atoms with van der Waals surface area (Å²) in [7, 11) is 0. The summed E-state index contributed by atoms with van der Waals surface area (Å²) >= 11 is 1.03. The number of nitriles is 1. The molecule has 0 aliphatic heterocycles. The second-order valence-corrected chi connectivity index (χ2v) is 2.55. The molecule has 1 aromatic rings. The van der Waals surface area contributed by atoms with Gasteiger partial charge in [0.25, 0.3) is 0 Å². The molecule has 0 aliphatic carbocycles. The fourth-order valence-corrected chi connectivity index (χ4v) is 0.786. The first kappa shape index (κ1) is 7.95. The standard InChI is InChI=1S/C6H7N3OS/c1-6-2-3-9(8-6)10-5-11-4-7/h2-3H,5H2,1H3. The van der Waals surface area contributed by atoms with E-state index in [1.807, 2.05) is 18.4 Å². The van der Waals surface area contributed by atoms with Gasteiger partial charge in [-0.05, 0) is 24.8 Å². The van der Waals surface area contributed by atoms with Crippen LogP contribution in [-0.2, 0) is 0 Å². The van der Waals surface area contributed by atoms with E-state index in [9.17, 15) is 0 Å². The minimum atomic E-state index is 0.303. The first-order chi connectivity index (χ1) is 5.33. The van der Waals surface area contributed by atoms with Crippen LogP contribution < -0.4 is 4.84 Å². The summed E-state index contributed by atoms with van der Waals surface area (Å²) in [6.07, 6.45) is 1.70. The predicted octanol–water partition coefficient (Wildman–Crippen LogP) is 0.792. The van der Waals surface area contributed by atoms with Gasteiger partial charge in [-0.15, -0.1) is 9.94 Å². The van der Waals surface area contributed by atoms with Crippen LogP contribution in [0.4, 0.5) is 0 Å². The molecule has 58 valence electrons. The van der Waals surface area contributed by atoms with Crippen molar-refractivity contribution in [1.29, 1.82) is 5.26 Å². The lowest BCUT2D eigenvalue weighted by Gasteiger charge is -1.99. The third kappa shape index (κ3) is 2.51. The molecule has 1 heterocycles. The molecular formula is C6H7N3OS. The molecule has 0 radical (unpaired) electrons. The van der Waals surface area contributed by atoms with Crippen LogP contribution in [0.5, 0.6) is 0 Å². The summed E-state index contributed by atoms with van der Waals surface area (Å²) in [5.41, 5.74) is 0.895. The zero-order valence-electron chi connectivity index (χ0n) is 6.02. The number of aromatic nitrogens is 2. The van der Waals surface area contributed by atoms with Crippen molar-refractivity contribution in [3.8, 4) is 5.40 Å². The maximum atomic E-state index is 8.15. The largest absolute Gasteiger partial charge is 0.385 e. The van der Waals surface area contributed by atoms with E-state index in [-0.39, 0.29) is 0 Å². The second kappa shape index (κ2) is 3.88. The Labute approximate surface area is 68.7 Å². The number of nitrogens with zero attached hydrogens (tertiary/aromatic N) is 3. The van der Waals surface area contributed by atoms with Crippen LogP contribution in [0.2, 0.25) is 0 Å². The summed E-state index contributed by atoms with van der Waals surface area (Å²) in [4.78, 5) is 6.36. The Morgan fingerprint density at radius 2 is 2.73 bits per heavy atom. The normalized spacial score (nSPS) is 9.09. The molecule has 1 rings (SSSR count). The van der Waals surface area contributed by atoms with E-state index in [1.165, 1.54) is 4.85 Å². The topological polar surface area (TPSA) is 50.8 Å². The number of thioether (sulfide) groups is 1. The lowest BCUT2D eigenvalue weighted by Crippen LogP contribution is -2.10. The zero-order valence-corrected chi connectivity index (χ0v) is 6.84. The first-order valence-electron chi connectivity index (χ1n) is 2.99. The second-order valence-electron chi connectivity index (χ2n) is 1.84. The molecule has 0 saturated carbocycles. The van der Waals surface area contributed by atoms with Crippen molar-refractivity contribution in [3.63, 3.8) is 0 Å². The van der Waals surface area contributed by atoms with Crippen LogP contribution in [0.15, 0.2) is 12.3 Å². The molecule has 0 fully saturated rings. The van der Waals surface area contributed by atoms with Crippen LogP contribution >= 0.6 is 11.8 Å². The van der Waals surface area contributed by atoms with Crippen molar-refractivity contribution in [2.75, 3.05) is 5.94 Å². The lowest BCUT2D eigenvalue weighted by molar-refractivity contribution is 0.121. The highest BCUT2D eigenvalue weighted by Gasteiger charge is 1.92. The molecule has 11 heavy (non-hydrogen) atoms. The quantitative estimate of drug-likeness (QED) is 0.381. The van der Waals surface area contributed by atoms with Gasteiger partial charge in [-0.1, -0.05) is 0 Å². The molecule has 0 aliphatic rings. The molecule has 0 unspecified atom stereocenters. The maximum Gasteiger partial charge on any atom is 0.176 e. The summed E-state index contributed by atoms with van der Waals surface area (Å²) in [5, 5.41) is 14.0. The fraction of sp³-hybridized carbons (Fsp3) is 0.333. The van der Waals surface area contributed by atoms with Gasteiger partial charge in [-0.3, -0.25) is 0 Å². The molecule has 0 saturated heterocycles. The van der Waals surface area contributed by atoms with E-state index in [0.717, 1.165) is 17.5 Å². The van der Waals surface area contributed by atoms with E-state index in [0.29, 0.717) is 5.94 Å². The summed E-state index contributed by atoms with van der Waals surface area (Å²) < 4.78 is 0. The third-order valence-electron chi connectivity index (χ3n) is 1.01. The molecule has 4 nitrogen and oxygen atoms in total. The van der Waals surface area contributed by atoms with Gasteiger partial charge in [-0.25, -0.2) is 0 Å². The molecule has 1 aromatic heterocycles. The predicted molar refractivity (Wildman–Crippen MR) is 41.6 cm³/mol. The number of hydrogen-bond acceptors (Lipinski definition) is 4. The molecule has 0 amide bonds. The SMILES string of the molecule is Cc1ccn(OCSC#N)n1. The van der Waals surface area contributed by atoms with Crippen molar-refractivity contribution < 1.29 is 4.84 Å². The van der Waals surface area contributed by atoms with Gasteiger partial charge in [0.1, 0.15) is 5.40 Å². The van der Waals surface area contributed by atoms with Gasteiger partial charge in [0.15, 0.2) is 5.94 Å². The van der Waals surface area contributed by atoms with Gasteiger partial charge in [0.05, 0.1) is 11.9 Å². The van der Waals surface area contributed by atoms with Crippen LogP contribution in [0.3, 0.4) is 0 Å². The molecule has 0 N–H and O–H groups in total. The highest BCUT2D eigenvalue weighted by atomic mass is 32.2. The summed E-state index contributed by atoms with van der Waals surface area (Å²) in [6, 6.07) is 1.83. The minimum Gasteiger partial charge on any atom is -0.385 e. The smallest absolute Gasteiger partial charge is 0.176 e. The Bertz CT molecular complexity index is 265. The Morgan fingerprint density at radius 1 is 1.91 bits per heavy atom. The van der Waals surface area contributed by atoms with Gasteiger partial charge in [0, 0.05) is 0 Å². The Hall–Kier alpha value is -1.15. The van der Waals surface area contributed by atoms with Crippen molar-refractivity contribution in [3.05, 3.63) is 18.0 Å². The summed E-state index contributed by atoms with van der Waals surface area (Å²) in [6.45, 7) is 1.87. The minimum absolute atomic E-state index is 0.303. The van der Waals surface area contributed by atoms with Gasteiger partial charge >= 0.3 is 0 Å². The van der Waals surface area contributed by atoms with Crippen LogP contribution in [0, 0.1) is 17.6 Å². The molecular weight excluding hydrogens is 162 g/mol. The van der Waals surface area contributed by atoms with Crippen molar-refractivity contribution in [1.82, 2.24) is 9.94 Å². The highest BCUT2D eigenvalue weighted by Crippen LogP contribution is 1.94. The average Bonchev–Trinajstić information content (AvgIpc) is 2.37. The van der Waals surface area contributed by atoms with Crippen LogP contribution in [0.1, 0.15) is 5.69 Å².